The number of aryl methyl sites for hydroxylation is 1. The Hall–Kier alpha value is -2.89. The van der Waals surface area contributed by atoms with Crippen LogP contribution in [0.1, 0.15) is 22.9 Å². The molecule has 1 aromatic heterocycles. The van der Waals surface area contributed by atoms with Crippen molar-refractivity contribution in [3.63, 3.8) is 0 Å². The van der Waals surface area contributed by atoms with Crippen molar-refractivity contribution in [2.24, 2.45) is 10.1 Å². The summed E-state index contributed by atoms with van der Waals surface area (Å²) in [5, 5.41) is 12.3. The van der Waals surface area contributed by atoms with Gasteiger partial charge in [-0.25, -0.2) is 14.7 Å². The molecule has 0 amide bonds. The van der Waals surface area contributed by atoms with Crippen molar-refractivity contribution in [3.8, 4) is 5.69 Å². The SMILES string of the molecule is Cc1nn(-c2ccccc2)c2c1[C@@H](c1ccc(Cl)cc1)N1N=C(Cl)C=CC1=N2. The van der Waals surface area contributed by atoms with E-state index in [4.69, 9.17) is 33.3 Å². The van der Waals surface area contributed by atoms with Crippen LogP contribution in [0, 0.1) is 6.92 Å². The molecule has 0 bridgehead atoms. The average Bonchev–Trinajstić information content (AvgIpc) is 3.04. The molecular formula is C21H15Cl2N5. The predicted octanol–water partition coefficient (Wildman–Crippen LogP) is 5.39. The maximum absolute atomic E-state index is 6.21. The van der Waals surface area contributed by atoms with Crippen LogP contribution in [-0.2, 0) is 0 Å². The van der Waals surface area contributed by atoms with E-state index in [9.17, 15) is 0 Å². The minimum Gasteiger partial charge on any atom is -0.234 e. The maximum Gasteiger partial charge on any atom is 0.164 e. The van der Waals surface area contributed by atoms with Gasteiger partial charge in [-0.2, -0.15) is 10.2 Å². The van der Waals surface area contributed by atoms with E-state index < -0.39 is 0 Å². The van der Waals surface area contributed by atoms with E-state index in [1.807, 2.05) is 77.3 Å². The lowest BCUT2D eigenvalue weighted by Gasteiger charge is -2.34. The van der Waals surface area contributed by atoms with Crippen LogP contribution in [0.4, 0.5) is 5.82 Å². The van der Waals surface area contributed by atoms with Gasteiger partial charge < -0.3 is 0 Å². The minimum absolute atomic E-state index is 0.198. The van der Waals surface area contributed by atoms with Gasteiger partial charge in [0.1, 0.15) is 11.2 Å². The monoisotopic (exact) mass is 407 g/mol. The van der Waals surface area contributed by atoms with Gasteiger partial charge in [0.15, 0.2) is 11.7 Å². The number of hydrogen-bond acceptors (Lipinski definition) is 4. The second-order valence-corrected chi connectivity index (χ2v) is 7.42. The number of amidine groups is 1. The second-order valence-electron chi connectivity index (χ2n) is 6.59. The summed E-state index contributed by atoms with van der Waals surface area (Å²) in [6.07, 6.45) is 3.62. The van der Waals surface area contributed by atoms with Gasteiger partial charge in [0.05, 0.1) is 11.4 Å². The topological polar surface area (TPSA) is 45.8 Å². The van der Waals surface area contributed by atoms with Gasteiger partial charge in [0.2, 0.25) is 0 Å². The van der Waals surface area contributed by atoms with Crippen molar-refractivity contribution in [3.05, 3.63) is 88.6 Å². The van der Waals surface area contributed by atoms with Crippen LogP contribution < -0.4 is 0 Å². The average molecular weight is 408 g/mol. The van der Waals surface area contributed by atoms with E-state index in [-0.39, 0.29) is 6.04 Å². The Morgan fingerprint density at radius 2 is 1.68 bits per heavy atom. The molecular weight excluding hydrogens is 393 g/mol. The van der Waals surface area contributed by atoms with Crippen LogP contribution in [0.15, 0.2) is 76.8 Å². The van der Waals surface area contributed by atoms with Crippen molar-refractivity contribution in [1.29, 1.82) is 0 Å². The van der Waals surface area contributed by atoms with Crippen LogP contribution in [0.3, 0.4) is 0 Å². The maximum atomic E-state index is 6.21. The molecule has 5 rings (SSSR count). The fraction of sp³-hybridized carbons (Fsp3) is 0.0952. The first kappa shape index (κ1) is 17.2. The predicted molar refractivity (Wildman–Crippen MR) is 113 cm³/mol. The molecule has 0 radical (unpaired) electrons. The summed E-state index contributed by atoms with van der Waals surface area (Å²) in [6.45, 7) is 1.99. The molecule has 0 fully saturated rings. The third kappa shape index (κ3) is 2.75. The Morgan fingerprint density at radius 1 is 0.929 bits per heavy atom. The number of nitrogens with zero attached hydrogens (tertiary/aromatic N) is 5. The van der Waals surface area contributed by atoms with Crippen LogP contribution in [0.25, 0.3) is 5.69 Å². The first-order valence-corrected chi connectivity index (χ1v) is 9.58. The molecule has 1 atom stereocenters. The third-order valence-corrected chi connectivity index (χ3v) is 5.27. The number of aromatic nitrogens is 2. The number of allylic oxidation sites excluding steroid dienone is 1. The quantitative estimate of drug-likeness (QED) is 0.571. The highest BCUT2D eigenvalue weighted by molar-refractivity contribution is 6.68. The normalized spacial score (nSPS) is 17.7. The van der Waals surface area contributed by atoms with Crippen molar-refractivity contribution in [1.82, 2.24) is 14.8 Å². The Morgan fingerprint density at radius 3 is 2.43 bits per heavy atom. The molecule has 0 saturated heterocycles. The zero-order chi connectivity index (χ0) is 19.3. The van der Waals surface area contributed by atoms with E-state index in [2.05, 4.69) is 5.10 Å². The number of fused-ring (bicyclic) bond motifs is 2. The van der Waals surface area contributed by atoms with Crippen LogP contribution >= 0.6 is 23.2 Å². The van der Waals surface area contributed by atoms with Crippen molar-refractivity contribution >= 4 is 40.0 Å². The summed E-state index contributed by atoms with van der Waals surface area (Å²) in [7, 11) is 0. The molecule has 5 nitrogen and oxygen atoms in total. The fourth-order valence-corrected chi connectivity index (χ4v) is 3.84. The molecule has 3 aromatic rings. The number of rotatable bonds is 2. The summed E-state index contributed by atoms with van der Waals surface area (Å²) < 4.78 is 1.88. The molecule has 7 heteroatoms. The lowest BCUT2D eigenvalue weighted by molar-refractivity contribution is 0.371. The Kier molecular flexibility index (Phi) is 4.07. The van der Waals surface area contributed by atoms with Crippen molar-refractivity contribution in [2.75, 3.05) is 0 Å². The van der Waals surface area contributed by atoms with Crippen molar-refractivity contribution < 1.29 is 0 Å². The standard InChI is InChI=1S/C21H15Cl2N5/c1-13-19-20(14-7-9-15(22)10-8-14)28-18(12-11-17(23)26-28)24-21(19)27(25-13)16-5-3-2-4-6-16/h2-12,20H,1H3/t20-/m1/s1. The van der Waals surface area contributed by atoms with Gasteiger partial charge in [0.25, 0.3) is 0 Å². The first-order chi connectivity index (χ1) is 13.6. The Balaban J connectivity index is 1.76. The number of hydrazone groups is 1. The molecule has 2 aromatic carbocycles. The molecule has 0 unspecified atom stereocenters. The summed E-state index contributed by atoms with van der Waals surface area (Å²) >= 11 is 12.3. The number of aliphatic imine (C=N–C) groups is 1. The first-order valence-electron chi connectivity index (χ1n) is 8.82. The third-order valence-electron chi connectivity index (χ3n) is 4.81. The number of halogens is 2. The van der Waals surface area contributed by atoms with E-state index in [1.165, 1.54) is 0 Å². The highest BCUT2D eigenvalue weighted by Gasteiger charge is 2.36. The molecule has 3 heterocycles. The van der Waals surface area contributed by atoms with Crippen molar-refractivity contribution in [2.45, 2.75) is 13.0 Å². The molecule has 2 aliphatic rings. The van der Waals surface area contributed by atoms with Crippen LogP contribution in [0.5, 0.6) is 0 Å². The fourth-order valence-electron chi connectivity index (χ4n) is 3.57. The largest absolute Gasteiger partial charge is 0.234 e. The Labute approximate surface area is 172 Å². The number of benzene rings is 2. The highest BCUT2D eigenvalue weighted by Crippen LogP contribution is 2.43. The van der Waals surface area contributed by atoms with E-state index in [0.717, 1.165) is 28.3 Å². The molecule has 0 spiro atoms. The molecule has 2 aliphatic heterocycles. The summed E-state index contributed by atoms with van der Waals surface area (Å²) in [4.78, 5) is 4.86. The van der Waals surface area contributed by atoms with E-state index >= 15 is 0 Å². The number of hydrogen-bond donors (Lipinski definition) is 0. The molecule has 0 saturated carbocycles. The van der Waals surface area contributed by atoms with Gasteiger partial charge in [0, 0.05) is 10.6 Å². The summed E-state index contributed by atoms with van der Waals surface area (Å²) in [5.74, 6) is 1.52. The summed E-state index contributed by atoms with van der Waals surface area (Å²) in [6, 6.07) is 17.6. The van der Waals surface area contributed by atoms with Gasteiger partial charge in [-0.15, -0.1) is 0 Å². The summed E-state index contributed by atoms with van der Waals surface area (Å²) in [5.41, 5.74) is 3.89. The van der Waals surface area contributed by atoms with Gasteiger partial charge in [-0.3, -0.25) is 0 Å². The van der Waals surface area contributed by atoms with E-state index in [1.54, 1.807) is 6.08 Å². The van der Waals surface area contributed by atoms with Gasteiger partial charge in [-0.1, -0.05) is 53.5 Å². The molecule has 28 heavy (non-hydrogen) atoms. The lowest BCUT2D eigenvalue weighted by Crippen LogP contribution is -2.35. The number of para-hydroxylation sites is 1. The van der Waals surface area contributed by atoms with Crippen LogP contribution in [-0.4, -0.2) is 25.8 Å². The second kappa shape index (κ2) is 6.62. The van der Waals surface area contributed by atoms with Gasteiger partial charge in [-0.05, 0) is 48.9 Å². The Bertz CT molecular complexity index is 1140. The zero-order valence-electron chi connectivity index (χ0n) is 14.9. The smallest absolute Gasteiger partial charge is 0.164 e. The molecule has 138 valence electrons. The molecule has 0 aliphatic carbocycles. The lowest BCUT2D eigenvalue weighted by atomic mass is 9.96. The minimum atomic E-state index is -0.198. The van der Waals surface area contributed by atoms with E-state index in [0.29, 0.717) is 16.0 Å². The molecule has 0 N–H and O–H groups in total. The highest BCUT2D eigenvalue weighted by atomic mass is 35.5. The van der Waals surface area contributed by atoms with Gasteiger partial charge >= 0.3 is 0 Å². The zero-order valence-corrected chi connectivity index (χ0v) is 16.4. The van der Waals surface area contributed by atoms with Crippen LogP contribution in [0.2, 0.25) is 5.02 Å².